The Morgan fingerprint density at radius 1 is 1.21 bits per heavy atom. The normalized spacial score (nSPS) is 10.6. The first-order valence-electron chi connectivity index (χ1n) is 3.70. The van der Waals surface area contributed by atoms with Gasteiger partial charge in [-0.05, 0) is 29.8 Å². The SMILES string of the molecule is O=C(Cl)c1cc2ccc1c(=O)oc2=O. The second-order valence-corrected chi connectivity index (χ2v) is 3.05. The molecule has 0 saturated carbocycles. The van der Waals surface area contributed by atoms with Gasteiger partial charge < -0.3 is 4.42 Å². The van der Waals surface area contributed by atoms with Crippen LogP contribution in [0.5, 0.6) is 0 Å². The number of rotatable bonds is 1. The minimum atomic E-state index is -0.848. The van der Waals surface area contributed by atoms with Crippen molar-refractivity contribution in [3.05, 3.63) is 44.6 Å². The van der Waals surface area contributed by atoms with Crippen molar-refractivity contribution < 1.29 is 9.21 Å². The summed E-state index contributed by atoms with van der Waals surface area (Å²) in [6.07, 6.45) is 0. The average molecular weight is 211 g/mol. The van der Waals surface area contributed by atoms with E-state index in [0.29, 0.717) is 0 Å². The molecule has 2 bridgehead atoms. The summed E-state index contributed by atoms with van der Waals surface area (Å²) >= 11 is 5.24. The van der Waals surface area contributed by atoms with E-state index in [0.717, 1.165) is 0 Å². The van der Waals surface area contributed by atoms with Crippen LogP contribution in [0, 0.1) is 0 Å². The van der Waals surface area contributed by atoms with Crippen molar-refractivity contribution in [2.75, 3.05) is 0 Å². The van der Waals surface area contributed by atoms with Gasteiger partial charge in [-0.2, -0.15) is 0 Å². The van der Waals surface area contributed by atoms with Gasteiger partial charge in [0.15, 0.2) is 0 Å². The Balaban J connectivity index is 3.12. The Bertz CT molecular complexity index is 614. The second-order valence-electron chi connectivity index (χ2n) is 2.71. The third-order valence-corrected chi connectivity index (χ3v) is 2.08. The van der Waals surface area contributed by atoms with E-state index < -0.39 is 16.5 Å². The smallest absolute Gasteiger partial charge is 0.346 e. The lowest BCUT2D eigenvalue weighted by Gasteiger charge is -1.91. The van der Waals surface area contributed by atoms with E-state index in [2.05, 4.69) is 4.42 Å². The van der Waals surface area contributed by atoms with Crippen LogP contribution in [0.15, 0.2) is 32.2 Å². The van der Waals surface area contributed by atoms with Crippen molar-refractivity contribution in [1.29, 1.82) is 0 Å². The number of fused-ring (bicyclic) bond motifs is 4. The standard InChI is InChI=1S/C9H3ClO4/c10-7(11)6-3-4-1-2-5(6)9(13)14-8(4)12/h1-3H. The zero-order valence-corrected chi connectivity index (χ0v) is 7.50. The highest BCUT2D eigenvalue weighted by atomic mass is 35.5. The first kappa shape index (κ1) is 8.90. The molecule has 0 fully saturated rings. The minimum absolute atomic E-state index is 0.0000154. The van der Waals surface area contributed by atoms with Gasteiger partial charge in [-0.1, -0.05) is 0 Å². The zero-order chi connectivity index (χ0) is 10.3. The largest absolute Gasteiger partial charge is 0.386 e. The fourth-order valence-corrected chi connectivity index (χ4v) is 1.37. The molecule has 1 aromatic carbocycles. The van der Waals surface area contributed by atoms with Crippen LogP contribution in [-0.2, 0) is 0 Å². The van der Waals surface area contributed by atoms with E-state index in [9.17, 15) is 14.4 Å². The molecule has 0 aliphatic heterocycles. The molecule has 2 aromatic heterocycles. The summed E-state index contributed by atoms with van der Waals surface area (Å²) in [5.74, 6) is 0. The number of hydrogen-bond donors (Lipinski definition) is 0. The maximum Gasteiger partial charge on any atom is 0.346 e. The molecular weight excluding hydrogens is 208 g/mol. The number of carbonyl (C=O) groups is 1. The average Bonchev–Trinajstić information content (AvgIpc) is 2.34. The highest BCUT2D eigenvalue weighted by Gasteiger charge is 2.12. The summed E-state index contributed by atoms with van der Waals surface area (Å²) in [7, 11) is 0. The van der Waals surface area contributed by atoms with Crippen molar-refractivity contribution in [2.45, 2.75) is 0 Å². The predicted octanol–water partition coefficient (Wildman–Crippen LogP) is 0.970. The minimum Gasteiger partial charge on any atom is -0.386 e. The molecule has 0 amide bonds. The molecule has 0 aliphatic rings. The topological polar surface area (TPSA) is 64.3 Å². The summed E-state index contributed by atoms with van der Waals surface area (Å²) in [5.41, 5.74) is -1.62. The number of hydrogen-bond acceptors (Lipinski definition) is 4. The van der Waals surface area contributed by atoms with Crippen LogP contribution >= 0.6 is 11.6 Å². The molecule has 0 atom stereocenters. The highest BCUT2D eigenvalue weighted by Crippen LogP contribution is 2.12. The molecule has 0 N–H and O–H groups in total. The fraction of sp³-hybridized carbons (Fsp3) is 0. The van der Waals surface area contributed by atoms with Gasteiger partial charge in [0.05, 0.1) is 10.8 Å². The third-order valence-electron chi connectivity index (χ3n) is 1.87. The van der Waals surface area contributed by atoms with Crippen LogP contribution in [0.25, 0.3) is 10.8 Å². The van der Waals surface area contributed by atoms with Crippen molar-refractivity contribution in [1.82, 2.24) is 0 Å². The molecule has 70 valence electrons. The van der Waals surface area contributed by atoms with Crippen molar-refractivity contribution in [3.8, 4) is 0 Å². The lowest BCUT2D eigenvalue weighted by atomic mass is 10.1. The maximum absolute atomic E-state index is 11.2. The quantitative estimate of drug-likeness (QED) is 0.658. The summed E-state index contributed by atoms with van der Waals surface area (Å²) in [6.45, 7) is 0. The predicted molar refractivity (Wildman–Crippen MR) is 50.1 cm³/mol. The van der Waals surface area contributed by atoms with Gasteiger partial charge in [0.1, 0.15) is 0 Å². The van der Waals surface area contributed by atoms with E-state index in [1.807, 2.05) is 0 Å². The first-order valence-corrected chi connectivity index (χ1v) is 4.08. The fourth-order valence-electron chi connectivity index (χ4n) is 1.21. The van der Waals surface area contributed by atoms with Crippen LogP contribution in [0.2, 0.25) is 0 Å². The van der Waals surface area contributed by atoms with Gasteiger partial charge in [0.2, 0.25) is 0 Å². The van der Waals surface area contributed by atoms with Gasteiger partial charge in [-0.15, -0.1) is 0 Å². The molecule has 0 aliphatic carbocycles. The zero-order valence-electron chi connectivity index (χ0n) is 6.74. The van der Waals surface area contributed by atoms with Gasteiger partial charge >= 0.3 is 11.3 Å². The molecule has 2 heterocycles. The summed E-state index contributed by atoms with van der Waals surface area (Å²) < 4.78 is 4.40. The third kappa shape index (κ3) is 1.20. The van der Waals surface area contributed by atoms with Crippen molar-refractivity contribution in [3.63, 3.8) is 0 Å². The van der Waals surface area contributed by atoms with Crippen LogP contribution in [0.4, 0.5) is 0 Å². The van der Waals surface area contributed by atoms with Gasteiger partial charge in [0.25, 0.3) is 5.24 Å². The van der Waals surface area contributed by atoms with Gasteiger partial charge in [0, 0.05) is 5.56 Å². The molecule has 14 heavy (non-hydrogen) atoms. The second kappa shape index (κ2) is 2.92. The molecule has 0 unspecified atom stereocenters. The number of benzene rings is 1. The van der Waals surface area contributed by atoms with Crippen LogP contribution in [0.1, 0.15) is 10.4 Å². The van der Waals surface area contributed by atoms with Gasteiger partial charge in [-0.3, -0.25) is 4.79 Å². The molecule has 5 heteroatoms. The maximum atomic E-state index is 11.2. The Kier molecular flexibility index (Phi) is 1.86. The van der Waals surface area contributed by atoms with E-state index in [-0.39, 0.29) is 16.3 Å². The van der Waals surface area contributed by atoms with Crippen LogP contribution in [-0.4, -0.2) is 5.24 Å². The van der Waals surface area contributed by atoms with Crippen LogP contribution < -0.4 is 11.3 Å². The van der Waals surface area contributed by atoms with E-state index in [1.54, 1.807) is 0 Å². The van der Waals surface area contributed by atoms with Gasteiger partial charge in [-0.25, -0.2) is 9.59 Å². The molecule has 0 radical (unpaired) electrons. The summed E-state index contributed by atoms with van der Waals surface area (Å²) in [5, 5.41) is -0.628. The Labute approximate surface area is 82.1 Å². The summed E-state index contributed by atoms with van der Waals surface area (Å²) in [4.78, 5) is 33.2. The Hall–Kier alpha value is -1.68. The molecule has 4 nitrogen and oxygen atoms in total. The summed E-state index contributed by atoms with van der Waals surface area (Å²) in [6, 6.07) is 4.00. The molecular formula is C9H3ClO4. The monoisotopic (exact) mass is 210 g/mol. The van der Waals surface area contributed by atoms with E-state index >= 15 is 0 Å². The lowest BCUT2D eigenvalue weighted by Crippen LogP contribution is -2.03. The van der Waals surface area contributed by atoms with E-state index in [4.69, 9.17) is 11.6 Å². The molecule has 3 aromatic rings. The van der Waals surface area contributed by atoms with Crippen LogP contribution in [0.3, 0.4) is 0 Å². The molecule has 0 spiro atoms. The number of carbonyl (C=O) groups excluding carboxylic acids is 1. The molecule has 3 rings (SSSR count). The Morgan fingerprint density at radius 2 is 1.93 bits per heavy atom. The highest BCUT2D eigenvalue weighted by molar-refractivity contribution is 6.68. The van der Waals surface area contributed by atoms with Crippen molar-refractivity contribution in [2.24, 2.45) is 0 Å². The lowest BCUT2D eigenvalue weighted by molar-refractivity contribution is 0.108. The Morgan fingerprint density at radius 3 is 2.57 bits per heavy atom. The van der Waals surface area contributed by atoms with Crippen molar-refractivity contribution >= 4 is 27.6 Å². The number of halogens is 1. The molecule has 0 saturated heterocycles. The first-order chi connectivity index (χ1) is 6.59. The van der Waals surface area contributed by atoms with E-state index in [1.165, 1.54) is 18.2 Å².